The lowest BCUT2D eigenvalue weighted by molar-refractivity contribution is 1.18. The lowest BCUT2D eigenvalue weighted by Crippen LogP contribution is -2.49. The van der Waals surface area contributed by atoms with E-state index in [-0.39, 0.29) is 0 Å². The minimum atomic E-state index is -1.67. The second-order valence-electron chi connectivity index (χ2n) is 9.44. The Morgan fingerprint density at radius 1 is 0.562 bits per heavy atom. The van der Waals surface area contributed by atoms with E-state index in [4.69, 9.17) is 0 Å². The highest BCUT2D eigenvalue weighted by Crippen LogP contribution is 2.39. The van der Waals surface area contributed by atoms with Gasteiger partial charge >= 0.3 is 0 Å². The summed E-state index contributed by atoms with van der Waals surface area (Å²) in [6, 6.07) is 38.2. The van der Waals surface area contributed by atoms with Crippen LogP contribution in [-0.4, -0.2) is 12.6 Å². The van der Waals surface area contributed by atoms with Gasteiger partial charge in [-0.2, -0.15) is 0 Å². The van der Waals surface area contributed by atoms with Gasteiger partial charge in [0.05, 0.1) is 11.0 Å². The maximum absolute atomic E-state index is 2.49. The molecule has 0 amide bonds. The summed E-state index contributed by atoms with van der Waals surface area (Å²) in [5, 5.41) is 8.48. The first-order valence-electron chi connectivity index (χ1n) is 11.3. The van der Waals surface area contributed by atoms with Crippen LogP contribution < -0.4 is 10.4 Å². The van der Waals surface area contributed by atoms with E-state index in [0.29, 0.717) is 0 Å². The number of aromatic nitrogens is 1. The Bertz CT molecular complexity index is 1690. The zero-order valence-corrected chi connectivity index (χ0v) is 19.3. The third kappa shape index (κ3) is 2.22. The molecule has 1 aliphatic rings. The number of nitrogens with zero attached hydrogens (tertiary/aromatic N) is 1. The minimum Gasteiger partial charge on any atom is -0.309 e. The predicted octanol–water partition coefficient (Wildman–Crippen LogP) is 6.74. The van der Waals surface area contributed by atoms with E-state index in [2.05, 4.69) is 121 Å². The molecule has 6 aromatic rings. The van der Waals surface area contributed by atoms with Crippen molar-refractivity contribution in [2.75, 3.05) is 0 Å². The molecule has 0 N–H and O–H groups in total. The van der Waals surface area contributed by atoms with Crippen LogP contribution in [0.4, 0.5) is 0 Å². The smallest absolute Gasteiger partial charge is 0.113 e. The van der Waals surface area contributed by atoms with Gasteiger partial charge in [-0.05, 0) is 62.6 Å². The molecule has 1 aliphatic heterocycles. The minimum absolute atomic E-state index is 1.21. The summed E-state index contributed by atoms with van der Waals surface area (Å²) in [6.07, 6.45) is 0. The average Bonchev–Trinajstić information content (AvgIpc) is 3.27. The van der Waals surface area contributed by atoms with Crippen molar-refractivity contribution >= 4 is 51.0 Å². The van der Waals surface area contributed by atoms with Gasteiger partial charge in [-0.15, -0.1) is 0 Å². The Hall–Kier alpha value is -3.62. The van der Waals surface area contributed by atoms with E-state index >= 15 is 0 Å². The quantitative estimate of drug-likeness (QED) is 0.257. The van der Waals surface area contributed by atoms with Crippen LogP contribution >= 0.6 is 0 Å². The highest BCUT2D eigenvalue weighted by atomic mass is 28.3. The second-order valence-corrected chi connectivity index (χ2v) is 13.8. The van der Waals surface area contributed by atoms with Gasteiger partial charge in [-0.1, -0.05) is 85.9 Å². The molecule has 2 heterocycles. The summed E-state index contributed by atoms with van der Waals surface area (Å²) in [6.45, 7) is 4.98. The van der Waals surface area contributed by atoms with Crippen LogP contribution in [0.5, 0.6) is 0 Å². The monoisotopic (exact) mass is 425 g/mol. The first kappa shape index (κ1) is 18.0. The molecule has 0 atom stereocenters. The van der Waals surface area contributed by atoms with Gasteiger partial charge < -0.3 is 4.57 Å². The first-order valence-corrected chi connectivity index (χ1v) is 14.3. The molecule has 1 nitrogen and oxygen atoms in total. The highest BCUT2D eigenvalue weighted by Gasteiger charge is 2.38. The van der Waals surface area contributed by atoms with Gasteiger partial charge in [-0.3, -0.25) is 0 Å². The van der Waals surface area contributed by atoms with Crippen LogP contribution in [0.25, 0.3) is 49.4 Å². The SMILES string of the molecule is C[Si]1(C)c2ccccc2-c2c1ccc1cc3c(cc21)c1ccccc1n3-c1ccccc1. The topological polar surface area (TPSA) is 4.93 Å². The van der Waals surface area contributed by atoms with Crippen molar-refractivity contribution in [2.45, 2.75) is 13.1 Å². The Kier molecular flexibility index (Phi) is 3.49. The van der Waals surface area contributed by atoms with Crippen molar-refractivity contribution in [1.29, 1.82) is 0 Å². The predicted molar refractivity (Wildman–Crippen MR) is 140 cm³/mol. The van der Waals surface area contributed by atoms with Crippen LogP contribution in [0.15, 0.2) is 103 Å². The lowest BCUT2D eigenvalue weighted by atomic mass is 9.96. The van der Waals surface area contributed by atoms with Crippen molar-refractivity contribution < 1.29 is 0 Å². The fraction of sp³-hybridized carbons (Fsp3) is 0.0667. The van der Waals surface area contributed by atoms with Crippen molar-refractivity contribution in [2.24, 2.45) is 0 Å². The molecule has 0 radical (unpaired) electrons. The van der Waals surface area contributed by atoms with Gasteiger partial charge in [0.15, 0.2) is 0 Å². The molecular formula is C30H23NSi. The van der Waals surface area contributed by atoms with Crippen molar-refractivity contribution in [3.05, 3.63) is 103 Å². The number of hydrogen-bond acceptors (Lipinski definition) is 0. The lowest BCUT2D eigenvalue weighted by Gasteiger charge is -2.18. The Labute approximate surface area is 188 Å². The second kappa shape index (κ2) is 6.21. The molecule has 2 heteroatoms. The fourth-order valence-corrected chi connectivity index (χ4v) is 8.92. The van der Waals surface area contributed by atoms with Crippen LogP contribution in [0, 0.1) is 0 Å². The third-order valence-corrected chi connectivity index (χ3v) is 10.9. The molecule has 0 spiro atoms. The van der Waals surface area contributed by atoms with Gasteiger partial charge in [0.1, 0.15) is 8.07 Å². The van der Waals surface area contributed by atoms with Crippen LogP contribution in [-0.2, 0) is 0 Å². The zero-order valence-electron chi connectivity index (χ0n) is 18.3. The summed E-state index contributed by atoms with van der Waals surface area (Å²) in [4.78, 5) is 0. The van der Waals surface area contributed by atoms with Gasteiger partial charge in [-0.25, -0.2) is 0 Å². The summed E-state index contributed by atoms with van der Waals surface area (Å²) in [7, 11) is -1.67. The van der Waals surface area contributed by atoms with E-state index < -0.39 is 8.07 Å². The Morgan fingerprint density at radius 2 is 1.31 bits per heavy atom. The van der Waals surface area contributed by atoms with Gasteiger partial charge in [0, 0.05) is 16.5 Å². The third-order valence-electron chi connectivity index (χ3n) is 7.37. The van der Waals surface area contributed by atoms with Crippen LogP contribution in [0.3, 0.4) is 0 Å². The number of hydrogen-bond donors (Lipinski definition) is 0. The standard InChI is InChI=1S/C30H23NSi/c1-32(2)28-15-9-7-13-23(28)30-24-19-25-22-12-6-8-14-26(22)31(21-10-4-3-5-11-21)27(25)18-20(24)16-17-29(30)32/h3-19H,1-2H3. The molecule has 0 unspecified atom stereocenters. The Morgan fingerprint density at radius 3 is 2.19 bits per heavy atom. The van der Waals surface area contributed by atoms with E-state index in [1.165, 1.54) is 49.4 Å². The molecule has 0 aliphatic carbocycles. The highest BCUT2D eigenvalue weighted by molar-refractivity contribution is 7.04. The van der Waals surface area contributed by atoms with Crippen molar-refractivity contribution in [3.63, 3.8) is 0 Å². The average molecular weight is 426 g/mol. The summed E-state index contributed by atoms with van der Waals surface area (Å²) < 4.78 is 2.41. The van der Waals surface area contributed by atoms with Crippen molar-refractivity contribution in [3.8, 4) is 16.8 Å². The molecule has 152 valence electrons. The summed E-state index contributed by atoms with van der Waals surface area (Å²) in [5.74, 6) is 0. The number of rotatable bonds is 1. The molecular weight excluding hydrogens is 402 g/mol. The maximum Gasteiger partial charge on any atom is 0.113 e. The van der Waals surface area contributed by atoms with Crippen LogP contribution in [0.2, 0.25) is 13.1 Å². The van der Waals surface area contributed by atoms with E-state index in [1.807, 2.05) is 0 Å². The van der Waals surface area contributed by atoms with Crippen LogP contribution in [0.1, 0.15) is 0 Å². The van der Waals surface area contributed by atoms with E-state index in [0.717, 1.165) is 0 Å². The van der Waals surface area contributed by atoms with Gasteiger partial charge in [0.2, 0.25) is 0 Å². The number of benzene rings is 5. The molecule has 7 rings (SSSR count). The first-order chi connectivity index (χ1) is 15.6. The zero-order chi connectivity index (χ0) is 21.4. The van der Waals surface area contributed by atoms with Crippen molar-refractivity contribution in [1.82, 2.24) is 4.57 Å². The molecule has 0 fully saturated rings. The molecule has 32 heavy (non-hydrogen) atoms. The number of fused-ring (bicyclic) bond motifs is 8. The summed E-state index contributed by atoms with van der Waals surface area (Å²) >= 11 is 0. The largest absolute Gasteiger partial charge is 0.309 e. The fourth-order valence-electron chi connectivity index (χ4n) is 5.84. The molecule has 0 bridgehead atoms. The molecule has 0 saturated heterocycles. The number of para-hydroxylation sites is 2. The van der Waals surface area contributed by atoms with Gasteiger partial charge in [0.25, 0.3) is 0 Å². The molecule has 0 saturated carbocycles. The molecule has 5 aromatic carbocycles. The van der Waals surface area contributed by atoms with E-state index in [1.54, 1.807) is 10.4 Å². The Balaban J connectivity index is 1.66. The van der Waals surface area contributed by atoms with E-state index in [9.17, 15) is 0 Å². The molecule has 1 aromatic heterocycles. The summed E-state index contributed by atoms with van der Waals surface area (Å²) in [5.41, 5.74) is 6.64. The normalized spacial score (nSPS) is 14.2. The maximum atomic E-state index is 2.49.